The molecule has 3 nitrogen and oxygen atoms in total. The normalized spacial score (nSPS) is 17.8. The molecule has 0 saturated heterocycles. The number of hydrogen-bond donors (Lipinski definition) is 1. The Balaban J connectivity index is 2.04. The van der Waals surface area contributed by atoms with Gasteiger partial charge in [0.15, 0.2) is 0 Å². The molecule has 0 atom stereocenters. The minimum atomic E-state index is 0.665. The van der Waals surface area contributed by atoms with E-state index < -0.39 is 0 Å². The first kappa shape index (κ1) is 9.71. The number of nitrogens with two attached hydrogens (primary N) is 1. The van der Waals surface area contributed by atoms with Crippen molar-refractivity contribution in [1.29, 1.82) is 0 Å². The first-order chi connectivity index (χ1) is 6.92. The quantitative estimate of drug-likeness (QED) is 0.793. The van der Waals surface area contributed by atoms with Gasteiger partial charge in [-0.25, -0.2) is 0 Å². The highest BCUT2D eigenvalue weighted by atomic mass is 15.3. The molecule has 14 heavy (non-hydrogen) atoms. The first-order valence-electron chi connectivity index (χ1n) is 5.64. The first-order valence-corrected chi connectivity index (χ1v) is 5.64. The maximum absolute atomic E-state index is 5.52. The van der Waals surface area contributed by atoms with E-state index in [1.807, 2.05) is 6.20 Å². The summed E-state index contributed by atoms with van der Waals surface area (Å²) in [7, 11) is 0. The fourth-order valence-electron chi connectivity index (χ4n) is 2.30. The van der Waals surface area contributed by atoms with Crippen LogP contribution in [-0.4, -0.2) is 16.3 Å². The second kappa shape index (κ2) is 4.60. The lowest BCUT2D eigenvalue weighted by atomic mass is 10.2. The van der Waals surface area contributed by atoms with Crippen molar-refractivity contribution in [3.8, 4) is 0 Å². The molecule has 0 aliphatic heterocycles. The van der Waals surface area contributed by atoms with Crippen molar-refractivity contribution in [2.24, 2.45) is 5.73 Å². The lowest BCUT2D eigenvalue weighted by molar-refractivity contribution is 0.448. The van der Waals surface area contributed by atoms with Crippen LogP contribution in [0.1, 0.15) is 43.8 Å². The molecule has 1 aliphatic carbocycles. The van der Waals surface area contributed by atoms with Gasteiger partial charge in [0.1, 0.15) is 0 Å². The van der Waals surface area contributed by atoms with Crippen LogP contribution in [0.3, 0.4) is 0 Å². The summed E-state index contributed by atoms with van der Waals surface area (Å²) >= 11 is 0. The molecule has 78 valence electrons. The largest absolute Gasteiger partial charge is 0.330 e. The van der Waals surface area contributed by atoms with E-state index in [1.165, 1.54) is 31.4 Å². The fourth-order valence-corrected chi connectivity index (χ4v) is 2.30. The molecule has 1 fully saturated rings. The van der Waals surface area contributed by atoms with Gasteiger partial charge in [-0.1, -0.05) is 12.8 Å². The van der Waals surface area contributed by atoms with Crippen molar-refractivity contribution in [2.45, 2.75) is 44.6 Å². The molecule has 1 aromatic rings. The molecule has 2 rings (SSSR count). The Labute approximate surface area is 85.3 Å². The van der Waals surface area contributed by atoms with Gasteiger partial charge in [0.25, 0.3) is 0 Å². The van der Waals surface area contributed by atoms with Gasteiger partial charge in [-0.3, -0.25) is 4.68 Å². The fraction of sp³-hybridized carbons (Fsp3) is 0.727. The summed E-state index contributed by atoms with van der Waals surface area (Å²) in [5.41, 5.74) is 6.88. The van der Waals surface area contributed by atoms with Gasteiger partial charge in [-0.15, -0.1) is 0 Å². The molecule has 0 amide bonds. The van der Waals surface area contributed by atoms with Crippen LogP contribution in [0.15, 0.2) is 12.3 Å². The number of rotatable bonds is 4. The SMILES string of the molecule is NCCCc1ccnn1C1CCCC1. The summed E-state index contributed by atoms with van der Waals surface area (Å²) in [6.07, 6.45) is 9.39. The predicted molar refractivity (Wildman–Crippen MR) is 57.1 cm³/mol. The zero-order chi connectivity index (χ0) is 9.80. The van der Waals surface area contributed by atoms with Crippen LogP contribution in [0, 0.1) is 0 Å². The van der Waals surface area contributed by atoms with E-state index in [4.69, 9.17) is 5.73 Å². The standard InChI is InChI=1S/C11H19N3/c12-8-3-6-11-7-9-13-14(11)10-4-1-2-5-10/h7,9-10H,1-6,8,12H2. The number of nitrogens with zero attached hydrogens (tertiary/aromatic N) is 2. The van der Waals surface area contributed by atoms with E-state index in [2.05, 4.69) is 15.8 Å². The van der Waals surface area contributed by atoms with Crippen LogP contribution in [0.4, 0.5) is 0 Å². The van der Waals surface area contributed by atoms with E-state index >= 15 is 0 Å². The van der Waals surface area contributed by atoms with Gasteiger partial charge in [0.05, 0.1) is 6.04 Å². The number of hydrogen-bond acceptors (Lipinski definition) is 2. The summed E-state index contributed by atoms with van der Waals surface area (Å²) in [5, 5.41) is 4.43. The Kier molecular flexibility index (Phi) is 3.19. The molecular formula is C11H19N3. The topological polar surface area (TPSA) is 43.8 Å². The molecule has 1 aromatic heterocycles. The van der Waals surface area contributed by atoms with Crippen molar-refractivity contribution in [3.05, 3.63) is 18.0 Å². The van der Waals surface area contributed by atoms with Crippen LogP contribution in [-0.2, 0) is 6.42 Å². The highest BCUT2D eigenvalue weighted by Gasteiger charge is 2.19. The van der Waals surface area contributed by atoms with Gasteiger partial charge in [0.2, 0.25) is 0 Å². The van der Waals surface area contributed by atoms with Crippen LogP contribution >= 0.6 is 0 Å². The van der Waals surface area contributed by atoms with E-state index in [-0.39, 0.29) is 0 Å². The lowest BCUT2D eigenvalue weighted by Gasteiger charge is -2.13. The van der Waals surface area contributed by atoms with E-state index in [1.54, 1.807) is 0 Å². The molecule has 0 aromatic carbocycles. The Morgan fingerprint density at radius 3 is 2.93 bits per heavy atom. The summed E-state index contributed by atoms with van der Waals surface area (Å²) in [6.45, 7) is 0.774. The number of aryl methyl sites for hydroxylation is 1. The Bertz CT molecular complexity index is 274. The maximum atomic E-state index is 5.52. The zero-order valence-corrected chi connectivity index (χ0v) is 8.65. The summed E-state index contributed by atoms with van der Waals surface area (Å²) in [4.78, 5) is 0. The number of aromatic nitrogens is 2. The Morgan fingerprint density at radius 2 is 2.21 bits per heavy atom. The van der Waals surface area contributed by atoms with Crippen molar-refractivity contribution in [2.75, 3.05) is 6.54 Å². The predicted octanol–water partition coefficient (Wildman–Crippen LogP) is 1.89. The molecule has 0 spiro atoms. The van der Waals surface area contributed by atoms with Gasteiger partial charge >= 0.3 is 0 Å². The molecule has 0 unspecified atom stereocenters. The molecule has 0 bridgehead atoms. The van der Waals surface area contributed by atoms with Crippen LogP contribution in [0.2, 0.25) is 0 Å². The molecule has 3 heteroatoms. The van der Waals surface area contributed by atoms with Crippen LogP contribution < -0.4 is 5.73 Å². The van der Waals surface area contributed by atoms with Gasteiger partial charge < -0.3 is 5.73 Å². The van der Waals surface area contributed by atoms with Crippen molar-refractivity contribution in [1.82, 2.24) is 9.78 Å². The summed E-state index contributed by atoms with van der Waals surface area (Å²) < 4.78 is 2.22. The highest BCUT2D eigenvalue weighted by Crippen LogP contribution is 2.29. The molecular weight excluding hydrogens is 174 g/mol. The molecule has 1 saturated carbocycles. The van der Waals surface area contributed by atoms with Gasteiger partial charge in [-0.2, -0.15) is 5.10 Å². The van der Waals surface area contributed by atoms with Crippen LogP contribution in [0.25, 0.3) is 0 Å². The minimum absolute atomic E-state index is 0.665. The smallest absolute Gasteiger partial charge is 0.0522 e. The third-order valence-corrected chi connectivity index (χ3v) is 3.06. The summed E-state index contributed by atoms with van der Waals surface area (Å²) in [5.74, 6) is 0. The third-order valence-electron chi connectivity index (χ3n) is 3.06. The van der Waals surface area contributed by atoms with Gasteiger partial charge in [0, 0.05) is 11.9 Å². The van der Waals surface area contributed by atoms with E-state index in [0.717, 1.165) is 19.4 Å². The van der Waals surface area contributed by atoms with Crippen LogP contribution in [0.5, 0.6) is 0 Å². The van der Waals surface area contributed by atoms with Gasteiger partial charge in [-0.05, 0) is 38.3 Å². The highest BCUT2D eigenvalue weighted by molar-refractivity contribution is 5.02. The average molecular weight is 193 g/mol. The molecule has 1 heterocycles. The minimum Gasteiger partial charge on any atom is -0.330 e. The average Bonchev–Trinajstić information content (AvgIpc) is 2.84. The third kappa shape index (κ3) is 1.98. The van der Waals surface area contributed by atoms with Crippen molar-refractivity contribution in [3.63, 3.8) is 0 Å². The Morgan fingerprint density at radius 1 is 1.43 bits per heavy atom. The molecule has 0 radical (unpaired) electrons. The molecule has 1 aliphatic rings. The maximum Gasteiger partial charge on any atom is 0.0522 e. The summed E-state index contributed by atoms with van der Waals surface area (Å²) in [6, 6.07) is 2.80. The van der Waals surface area contributed by atoms with E-state index in [9.17, 15) is 0 Å². The van der Waals surface area contributed by atoms with E-state index in [0.29, 0.717) is 6.04 Å². The second-order valence-electron chi connectivity index (χ2n) is 4.10. The lowest BCUT2D eigenvalue weighted by Crippen LogP contribution is -2.11. The van der Waals surface area contributed by atoms with Crippen molar-refractivity contribution < 1.29 is 0 Å². The molecule has 2 N–H and O–H groups in total. The van der Waals surface area contributed by atoms with Crippen molar-refractivity contribution >= 4 is 0 Å². The zero-order valence-electron chi connectivity index (χ0n) is 8.65. The monoisotopic (exact) mass is 193 g/mol. The second-order valence-corrected chi connectivity index (χ2v) is 4.10. The Hall–Kier alpha value is -0.830.